The Kier molecular flexibility index (Phi) is 2.10. The van der Waals surface area contributed by atoms with Crippen molar-refractivity contribution >= 4 is 0 Å². The summed E-state index contributed by atoms with van der Waals surface area (Å²) in [6.45, 7) is 2.54. The van der Waals surface area contributed by atoms with Gasteiger partial charge in [0.2, 0.25) is 0 Å². The molecule has 0 aromatic rings. The molecule has 3 rings (SSSR count). The average Bonchev–Trinajstić information content (AvgIpc) is 2.94. The van der Waals surface area contributed by atoms with Crippen LogP contribution in [0.3, 0.4) is 0 Å². The molecule has 3 saturated carbocycles. The first-order valence-electron chi connectivity index (χ1n) is 6.28. The van der Waals surface area contributed by atoms with Crippen molar-refractivity contribution in [3.8, 4) is 0 Å². The van der Waals surface area contributed by atoms with Gasteiger partial charge in [0.15, 0.2) is 0 Å². The van der Waals surface area contributed by atoms with Gasteiger partial charge in [-0.25, -0.2) is 0 Å². The van der Waals surface area contributed by atoms with Crippen molar-refractivity contribution in [2.45, 2.75) is 56.5 Å². The Balaban J connectivity index is 1.54. The number of nitrogens with two attached hydrogens (primary N) is 1. The number of hydrogen-bond acceptors (Lipinski definition) is 2. The molecule has 0 bridgehead atoms. The SMILES string of the molecule is NC1(CN(CC2CC2)C2CC2)CCC1. The maximum Gasteiger partial charge on any atom is 0.0283 e. The van der Waals surface area contributed by atoms with Gasteiger partial charge in [0.05, 0.1) is 0 Å². The smallest absolute Gasteiger partial charge is 0.0283 e. The second-order valence-electron chi connectivity index (χ2n) is 5.82. The predicted molar refractivity (Wildman–Crippen MR) is 58.1 cm³/mol. The molecule has 0 radical (unpaired) electrons. The lowest BCUT2D eigenvalue weighted by Crippen LogP contribution is -2.55. The van der Waals surface area contributed by atoms with Crippen LogP contribution in [0, 0.1) is 5.92 Å². The quantitative estimate of drug-likeness (QED) is 0.722. The van der Waals surface area contributed by atoms with Gasteiger partial charge in [-0.15, -0.1) is 0 Å². The van der Waals surface area contributed by atoms with Crippen LogP contribution >= 0.6 is 0 Å². The molecule has 0 aliphatic heterocycles. The van der Waals surface area contributed by atoms with E-state index in [0.717, 1.165) is 12.0 Å². The molecule has 0 atom stereocenters. The largest absolute Gasteiger partial charge is 0.324 e. The zero-order valence-corrected chi connectivity index (χ0v) is 9.04. The summed E-state index contributed by atoms with van der Waals surface area (Å²) in [5.41, 5.74) is 6.53. The molecule has 14 heavy (non-hydrogen) atoms. The van der Waals surface area contributed by atoms with Crippen LogP contribution in [0.2, 0.25) is 0 Å². The van der Waals surface area contributed by atoms with Crippen LogP contribution < -0.4 is 5.73 Å². The predicted octanol–water partition coefficient (Wildman–Crippen LogP) is 1.74. The third kappa shape index (κ3) is 1.96. The van der Waals surface area contributed by atoms with E-state index in [-0.39, 0.29) is 5.54 Å². The number of rotatable bonds is 5. The molecule has 0 aromatic heterocycles. The van der Waals surface area contributed by atoms with Crippen LogP contribution in [0.1, 0.15) is 44.9 Å². The van der Waals surface area contributed by atoms with Gasteiger partial charge in [-0.2, -0.15) is 0 Å². The van der Waals surface area contributed by atoms with Crippen molar-refractivity contribution in [1.29, 1.82) is 0 Å². The second kappa shape index (κ2) is 3.21. The Morgan fingerprint density at radius 3 is 2.29 bits per heavy atom. The molecule has 0 unspecified atom stereocenters. The van der Waals surface area contributed by atoms with Crippen LogP contribution in [0.5, 0.6) is 0 Å². The lowest BCUT2D eigenvalue weighted by Gasteiger charge is -2.42. The van der Waals surface area contributed by atoms with E-state index in [1.165, 1.54) is 58.0 Å². The van der Waals surface area contributed by atoms with E-state index < -0.39 is 0 Å². The third-order valence-corrected chi connectivity index (χ3v) is 4.12. The van der Waals surface area contributed by atoms with Gasteiger partial charge >= 0.3 is 0 Å². The van der Waals surface area contributed by atoms with Crippen LogP contribution in [-0.2, 0) is 0 Å². The molecule has 3 aliphatic carbocycles. The van der Waals surface area contributed by atoms with Crippen molar-refractivity contribution < 1.29 is 0 Å². The second-order valence-corrected chi connectivity index (χ2v) is 5.82. The Morgan fingerprint density at radius 2 is 1.86 bits per heavy atom. The van der Waals surface area contributed by atoms with Gasteiger partial charge in [-0.1, -0.05) is 0 Å². The van der Waals surface area contributed by atoms with Crippen LogP contribution in [0.25, 0.3) is 0 Å². The fourth-order valence-corrected chi connectivity index (χ4v) is 2.61. The zero-order chi connectivity index (χ0) is 9.60. The highest BCUT2D eigenvalue weighted by molar-refractivity contribution is 4.99. The molecule has 3 fully saturated rings. The van der Waals surface area contributed by atoms with Gasteiger partial charge in [0.25, 0.3) is 0 Å². The van der Waals surface area contributed by atoms with Crippen molar-refractivity contribution in [1.82, 2.24) is 4.90 Å². The first kappa shape index (κ1) is 9.17. The van der Waals surface area contributed by atoms with E-state index in [1.807, 2.05) is 0 Å². The summed E-state index contributed by atoms with van der Waals surface area (Å²) in [5, 5.41) is 0. The lowest BCUT2D eigenvalue weighted by molar-refractivity contribution is 0.134. The minimum atomic E-state index is 0.206. The average molecular weight is 194 g/mol. The molecule has 0 aromatic carbocycles. The molecule has 0 saturated heterocycles. The van der Waals surface area contributed by atoms with Crippen LogP contribution in [0.15, 0.2) is 0 Å². The summed E-state index contributed by atoms with van der Waals surface area (Å²) in [4.78, 5) is 2.71. The Morgan fingerprint density at radius 1 is 1.14 bits per heavy atom. The molecule has 2 N–H and O–H groups in total. The lowest BCUT2D eigenvalue weighted by atomic mass is 9.77. The van der Waals surface area contributed by atoms with Crippen molar-refractivity contribution in [2.24, 2.45) is 11.7 Å². The highest BCUT2D eigenvalue weighted by atomic mass is 15.2. The van der Waals surface area contributed by atoms with E-state index in [1.54, 1.807) is 0 Å². The summed E-state index contributed by atoms with van der Waals surface area (Å²) in [6, 6.07) is 0.914. The molecule has 2 nitrogen and oxygen atoms in total. The fourth-order valence-electron chi connectivity index (χ4n) is 2.61. The zero-order valence-electron chi connectivity index (χ0n) is 9.04. The van der Waals surface area contributed by atoms with Crippen molar-refractivity contribution in [2.75, 3.05) is 13.1 Å². The summed E-state index contributed by atoms with van der Waals surface area (Å²) < 4.78 is 0. The Labute approximate surface area is 86.8 Å². The summed E-state index contributed by atoms with van der Waals surface area (Å²) in [5.74, 6) is 1.03. The molecule has 0 spiro atoms. The minimum absolute atomic E-state index is 0.206. The topological polar surface area (TPSA) is 29.3 Å². The normalized spacial score (nSPS) is 30.4. The van der Waals surface area contributed by atoms with Crippen molar-refractivity contribution in [3.63, 3.8) is 0 Å². The standard InChI is InChI=1S/C12H22N2/c13-12(6-1-7-12)9-14(11-4-5-11)8-10-2-3-10/h10-11H,1-9,13H2. The third-order valence-electron chi connectivity index (χ3n) is 4.12. The van der Waals surface area contributed by atoms with Crippen molar-refractivity contribution in [3.05, 3.63) is 0 Å². The van der Waals surface area contributed by atoms with E-state index in [0.29, 0.717) is 0 Å². The monoisotopic (exact) mass is 194 g/mol. The summed E-state index contributed by atoms with van der Waals surface area (Å²) in [6.07, 6.45) is 9.70. The first-order chi connectivity index (χ1) is 6.75. The highest BCUT2D eigenvalue weighted by Gasteiger charge is 2.40. The van der Waals surface area contributed by atoms with E-state index in [9.17, 15) is 0 Å². The Bertz CT molecular complexity index is 214. The maximum atomic E-state index is 6.32. The van der Waals surface area contributed by atoms with Gasteiger partial charge in [-0.05, 0) is 50.9 Å². The van der Waals surface area contributed by atoms with E-state index in [4.69, 9.17) is 5.73 Å². The maximum absolute atomic E-state index is 6.32. The number of hydrogen-bond donors (Lipinski definition) is 1. The molecular formula is C12H22N2. The van der Waals surface area contributed by atoms with E-state index in [2.05, 4.69) is 4.90 Å². The molecule has 80 valence electrons. The van der Waals surface area contributed by atoms with Gasteiger partial charge in [0.1, 0.15) is 0 Å². The van der Waals surface area contributed by atoms with Gasteiger partial charge in [0, 0.05) is 24.7 Å². The fraction of sp³-hybridized carbons (Fsp3) is 1.00. The van der Waals surface area contributed by atoms with Crippen LogP contribution in [-0.4, -0.2) is 29.6 Å². The van der Waals surface area contributed by atoms with Gasteiger partial charge < -0.3 is 5.73 Å². The first-order valence-corrected chi connectivity index (χ1v) is 6.28. The molecule has 3 aliphatic rings. The molecule has 2 heteroatoms. The summed E-state index contributed by atoms with van der Waals surface area (Å²) in [7, 11) is 0. The number of nitrogens with zero attached hydrogens (tertiary/aromatic N) is 1. The van der Waals surface area contributed by atoms with Crippen LogP contribution in [0.4, 0.5) is 0 Å². The van der Waals surface area contributed by atoms with Gasteiger partial charge in [-0.3, -0.25) is 4.90 Å². The Hall–Kier alpha value is -0.0800. The molecular weight excluding hydrogens is 172 g/mol. The molecule has 0 heterocycles. The minimum Gasteiger partial charge on any atom is -0.324 e. The highest BCUT2D eigenvalue weighted by Crippen LogP contribution is 2.38. The molecule has 0 amide bonds. The van der Waals surface area contributed by atoms with E-state index >= 15 is 0 Å². The summed E-state index contributed by atoms with van der Waals surface area (Å²) >= 11 is 0.